The maximum Gasteiger partial charge on any atom is 0.328 e. The minimum Gasteiger partial charge on any atom is -0.480 e. The van der Waals surface area contributed by atoms with Crippen LogP contribution < -0.4 is 5.32 Å². The van der Waals surface area contributed by atoms with Crippen LogP contribution in [0, 0.1) is 13.8 Å². The van der Waals surface area contributed by atoms with E-state index in [4.69, 9.17) is 5.11 Å². The molecule has 1 heterocycles. The fourth-order valence-electron chi connectivity index (χ4n) is 2.45. The van der Waals surface area contributed by atoms with Gasteiger partial charge in [0, 0.05) is 6.20 Å². The number of rotatable bonds is 5. The van der Waals surface area contributed by atoms with Crippen molar-refractivity contribution in [1.82, 2.24) is 15.1 Å². The van der Waals surface area contributed by atoms with Crippen LogP contribution >= 0.6 is 0 Å². The van der Waals surface area contributed by atoms with Crippen LogP contribution in [0.15, 0.2) is 30.6 Å². The first-order chi connectivity index (χ1) is 10.8. The number of aryl methyl sites for hydroxylation is 2. The molecular formula is C17H21N3O3. The van der Waals surface area contributed by atoms with E-state index in [1.807, 2.05) is 32.9 Å². The Morgan fingerprint density at radius 2 is 1.96 bits per heavy atom. The number of nitrogens with zero attached hydrogens (tertiary/aromatic N) is 2. The summed E-state index contributed by atoms with van der Waals surface area (Å²) in [6.07, 6.45) is 2.83. The SMILES string of the molecule is Cc1ccc(C(C)NC(=O)c2cnn(C(C)C(=O)O)c2)c(C)c1. The van der Waals surface area contributed by atoms with Crippen molar-refractivity contribution in [2.45, 2.75) is 39.8 Å². The molecule has 122 valence electrons. The van der Waals surface area contributed by atoms with E-state index in [-0.39, 0.29) is 11.9 Å². The molecule has 1 aromatic carbocycles. The lowest BCUT2D eigenvalue weighted by Crippen LogP contribution is -2.27. The lowest BCUT2D eigenvalue weighted by Gasteiger charge is -2.16. The molecule has 2 N–H and O–H groups in total. The monoisotopic (exact) mass is 315 g/mol. The van der Waals surface area contributed by atoms with Gasteiger partial charge in [0.1, 0.15) is 6.04 Å². The summed E-state index contributed by atoms with van der Waals surface area (Å²) in [5.41, 5.74) is 3.69. The van der Waals surface area contributed by atoms with E-state index in [0.717, 1.165) is 11.1 Å². The van der Waals surface area contributed by atoms with Crippen LogP contribution in [-0.4, -0.2) is 26.8 Å². The molecule has 0 aliphatic heterocycles. The van der Waals surface area contributed by atoms with Crippen LogP contribution in [0.1, 0.15) is 53.0 Å². The topological polar surface area (TPSA) is 84.2 Å². The van der Waals surface area contributed by atoms with Crippen molar-refractivity contribution < 1.29 is 14.7 Å². The number of hydrogen-bond donors (Lipinski definition) is 2. The van der Waals surface area contributed by atoms with Gasteiger partial charge in [-0.15, -0.1) is 0 Å². The molecule has 0 radical (unpaired) electrons. The van der Waals surface area contributed by atoms with Crippen LogP contribution in [0.4, 0.5) is 0 Å². The summed E-state index contributed by atoms with van der Waals surface area (Å²) in [6.45, 7) is 7.46. The van der Waals surface area contributed by atoms with Gasteiger partial charge in [-0.2, -0.15) is 5.10 Å². The number of benzene rings is 1. The number of hydrogen-bond acceptors (Lipinski definition) is 3. The average molecular weight is 315 g/mol. The van der Waals surface area contributed by atoms with Gasteiger partial charge in [-0.3, -0.25) is 9.48 Å². The Kier molecular flexibility index (Phi) is 4.83. The number of amides is 1. The van der Waals surface area contributed by atoms with Crippen molar-refractivity contribution in [3.8, 4) is 0 Å². The van der Waals surface area contributed by atoms with Crippen LogP contribution in [0.2, 0.25) is 0 Å². The first-order valence-corrected chi connectivity index (χ1v) is 7.44. The highest BCUT2D eigenvalue weighted by Gasteiger charge is 2.18. The molecule has 0 bridgehead atoms. The largest absolute Gasteiger partial charge is 0.480 e. The molecule has 6 heteroatoms. The smallest absolute Gasteiger partial charge is 0.328 e. The minimum atomic E-state index is -0.997. The molecule has 0 saturated heterocycles. The molecule has 2 aromatic rings. The maximum atomic E-state index is 12.3. The van der Waals surface area contributed by atoms with Crippen LogP contribution in [-0.2, 0) is 4.79 Å². The second-order valence-corrected chi connectivity index (χ2v) is 5.78. The van der Waals surface area contributed by atoms with Gasteiger partial charge in [0.2, 0.25) is 0 Å². The summed E-state index contributed by atoms with van der Waals surface area (Å²) in [5, 5.41) is 15.8. The highest BCUT2D eigenvalue weighted by Crippen LogP contribution is 2.19. The minimum absolute atomic E-state index is 0.150. The zero-order valence-corrected chi connectivity index (χ0v) is 13.7. The van der Waals surface area contributed by atoms with Gasteiger partial charge in [0.05, 0.1) is 17.8 Å². The predicted molar refractivity (Wildman–Crippen MR) is 86.4 cm³/mol. The van der Waals surface area contributed by atoms with E-state index in [1.54, 1.807) is 0 Å². The zero-order valence-electron chi connectivity index (χ0n) is 13.7. The quantitative estimate of drug-likeness (QED) is 0.888. The fraction of sp³-hybridized carbons (Fsp3) is 0.353. The number of carbonyl (C=O) groups excluding carboxylic acids is 1. The summed E-state index contributed by atoms with van der Waals surface area (Å²) in [4.78, 5) is 23.2. The number of nitrogens with one attached hydrogen (secondary N) is 1. The van der Waals surface area contributed by atoms with E-state index >= 15 is 0 Å². The third-order valence-corrected chi connectivity index (χ3v) is 3.86. The Morgan fingerprint density at radius 1 is 1.26 bits per heavy atom. The van der Waals surface area contributed by atoms with Gasteiger partial charge in [-0.1, -0.05) is 23.8 Å². The van der Waals surface area contributed by atoms with Crippen molar-refractivity contribution in [3.63, 3.8) is 0 Å². The van der Waals surface area contributed by atoms with Crippen LogP contribution in [0.3, 0.4) is 0 Å². The number of carbonyl (C=O) groups is 2. The molecule has 2 unspecified atom stereocenters. The first kappa shape index (κ1) is 16.7. The van der Waals surface area contributed by atoms with Crippen molar-refractivity contribution in [2.24, 2.45) is 0 Å². The Hall–Kier alpha value is -2.63. The van der Waals surface area contributed by atoms with Gasteiger partial charge in [0.25, 0.3) is 5.91 Å². The molecule has 2 atom stereocenters. The lowest BCUT2D eigenvalue weighted by molar-refractivity contribution is -0.140. The normalized spacial score (nSPS) is 13.4. The highest BCUT2D eigenvalue weighted by atomic mass is 16.4. The number of carboxylic acids is 1. The molecule has 0 spiro atoms. The Balaban J connectivity index is 2.11. The number of aromatic nitrogens is 2. The van der Waals surface area contributed by atoms with E-state index < -0.39 is 12.0 Å². The third-order valence-electron chi connectivity index (χ3n) is 3.86. The summed E-state index contributed by atoms with van der Waals surface area (Å²) in [6, 6.07) is 5.13. The number of aliphatic carboxylic acids is 1. The van der Waals surface area contributed by atoms with Crippen LogP contribution in [0.25, 0.3) is 0 Å². The maximum absolute atomic E-state index is 12.3. The lowest BCUT2D eigenvalue weighted by atomic mass is 10.00. The molecule has 0 aliphatic carbocycles. The molecule has 1 amide bonds. The van der Waals surface area contributed by atoms with Crippen LogP contribution in [0.5, 0.6) is 0 Å². The second-order valence-electron chi connectivity index (χ2n) is 5.78. The molecule has 0 aliphatic rings. The van der Waals surface area contributed by atoms with Gasteiger partial charge >= 0.3 is 5.97 Å². The predicted octanol–water partition coefficient (Wildman–Crippen LogP) is 2.64. The van der Waals surface area contributed by atoms with E-state index in [0.29, 0.717) is 5.56 Å². The first-order valence-electron chi connectivity index (χ1n) is 7.44. The zero-order chi connectivity index (χ0) is 17.1. The fourth-order valence-corrected chi connectivity index (χ4v) is 2.45. The van der Waals surface area contributed by atoms with Crippen molar-refractivity contribution >= 4 is 11.9 Å². The summed E-state index contributed by atoms with van der Waals surface area (Å²) < 4.78 is 1.26. The van der Waals surface area contributed by atoms with Gasteiger partial charge < -0.3 is 10.4 Å². The Labute approximate surface area is 135 Å². The molecule has 0 fully saturated rings. The van der Waals surface area contributed by atoms with Gasteiger partial charge in [0.15, 0.2) is 0 Å². The molecule has 23 heavy (non-hydrogen) atoms. The molecule has 1 aromatic heterocycles. The van der Waals surface area contributed by atoms with Gasteiger partial charge in [-0.05, 0) is 38.8 Å². The second kappa shape index (κ2) is 6.64. The summed E-state index contributed by atoms with van der Waals surface area (Å²) in [5.74, 6) is -1.27. The third kappa shape index (κ3) is 3.77. The van der Waals surface area contributed by atoms with Crippen molar-refractivity contribution in [3.05, 3.63) is 52.8 Å². The molecule has 6 nitrogen and oxygen atoms in total. The molecule has 0 saturated carbocycles. The summed E-state index contributed by atoms with van der Waals surface area (Å²) in [7, 11) is 0. The van der Waals surface area contributed by atoms with Crippen molar-refractivity contribution in [2.75, 3.05) is 0 Å². The average Bonchev–Trinajstić information content (AvgIpc) is 2.95. The van der Waals surface area contributed by atoms with E-state index in [2.05, 4.69) is 16.5 Å². The summed E-state index contributed by atoms with van der Waals surface area (Å²) >= 11 is 0. The van der Waals surface area contributed by atoms with E-state index in [9.17, 15) is 9.59 Å². The highest BCUT2D eigenvalue weighted by molar-refractivity contribution is 5.94. The standard InChI is InChI=1S/C17H21N3O3/c1-10-5-6-15(11(2)7-10)12(3)19-16(21)14-8-18-20(9-14)13(4)17(22)23/h5-9,12-13H,1-4H3,(H,19,21)(H,22,23). The van der Waals surface area contributed by atoms with E-state index in [1.165, 1.54) is 29.6 Å². The Morgan fingerprint density at radius 3 is 2.57 bits per heavy atom. The molecule has 2 rings (SSSR count). The number of carboxylic acid groups (broad SMARTS) is 1. The molecular weight excluding hydrogens is 294 g/mol. The van der Waals surface area contributed by atoms with Crippen molar-refractivity contribution in [1.29, 1.82) is 0 Å². The van der Waals surface area contributed by atoms with Gasteiger partial charge in [-0.25, -0.2) is 4.79 Å². The Bertz CT molecular complexity index is 736.